The zero-order valence-electron chi connectivity index (χ0n) is 14.6. The Kier molecular flexibility index (Phi) is 7.41. The molecule has 26 heavy (non-hydrogen) atoms. The Morgan fingerprint density at radius 2 is 1.92 bits per heavy atom. The number of nitrogens with one attached hydrogen (secondary N) is 1. The molecule has 0 heterocycles. The summed E-state index contributed by atoms with van der Waals surface area (Å²) in [6.07, 6.45) is 2.01. The van der Waals surface area contributed by atoms with E-state index in [0.29, 0.717) is 12.3 Å². The Balaban J connectivity index is 1.86. The fourth-order valence-corrected chi connectivity index (χ4v) is 2.50. The van der Waals surface area contributed by atoms with Crippen molar-refractivity contribution < 1.29 is 19.1 Å². The maximum absolute atomic E-state index is 12.1. The number of rotatable bonds is 7. The van der Waals surface area contributed by atoms with E-state index in [1.54, 1.807) is 30.3 Å². The van der Waals surface area contributed by atoms with E-state index in [9.17, 15) is 9.59 Å². The van der Waals surface area contributed by atoms with Gasteiger partial charge in [-0.05, 0) is 61.9 Å². The molecular formula is C20H20BrNO4. The maximum atomic E-state index is 12.1. The molecule has 0 aliphatic heterocycles. The molecule has 136 valence electrons. The third-order valence-corrected chi connectivity index (χ3v) is 3.85. The van der Waals surface area contributed by atoms with Gasteiger partial charge in [-0.15, -0.1) is 0 Å². The minimum atomic E-state index is -0.916. The molecule has 0 aromatic heterocycles. The van der Waals surface area contributed by atoms with E-state index < -0.39 is 18.0 Å². The standard InChI is InChI=1S/C20H20BrNO4/c1-3-25-18-10-8-17(9-11-18)22-20(24)14(2)26-19(23)12-7-15-5-4-6-16(21)13-15/h4-14H,3H2,1-2H3,(H,22,24)/b12-7+/t14-/m0/s1. The Bertz CT molecular complexity index is 787. The van der Waals surface area contributed by atoms with Gasteiger partial charge in [-0.2, -0.15) is 0 Å². The quantitative estimate of drug-likeness (QED) is 0.534. The normalized spacial score (nSPS) is 11.8. The highest BCUT2D eigenvalue weighted by Crippen LogP contribution is 2.16. The van der Waals surface area contributed by atoms with Crippen molar-refractivity contribution in [1.82, 2.24) is 0 Å². The number of benzene rings is 2. The molecule has 0 fully saturated rings. The van der Waals surface area contributed by atoms with Crippen molar-refractivity contribution in [3.63, 3.8) is 0 Å². The molecule has 0 bridgehead atoms. The average molecular weight is 418 g/mol. The van der Waals surface area contributed by atoms with Gasteiger partial charge >= 0.3 is 5.97 Å². The van der Waals surface area contributed by atoms with E-state index in [4.69, 9.17) is 9.47 Å². The molecule has 2 rings (SSSR count). The van der Waals surface area contributed by atoms with Crippen molar-refractivity contribution >= 4 is 39.6 Å². The number of carbonyl (C=O) groups excluding carboxylic acids is 2. The third kappa shape index (κ3) is 6.37. The van der Waals surface area contributed by atoms with Crippen LogP contribution in [0.15, 0.2) is 59.1 Å². The molecule has 2 aromatic rings. The van der Waals surface area contributed by atoms with E-state index in [-0.39, 0.29) is 0 Å². The summed E-state index contributed by atoms with van der Waals surface area (Å²) < 4.78 is 11.4. The van der Waals surface area contributed by atoms with E-state index in [1.807, 2.05) is 31.2 Å². The number of hydrogen-bond donors (Lipinski definition) is 1. The zero-order valence-corrected chi connectivity index (χ0v) is 16.2. The highest BCUT2D eigenvalue weighted by atomic mass is 79.9. The second-order valence-electron chi connectivity index (χ2n) is 5.41. The highest BCUT2D eigenvalue weighted by molar-refractivity contribution is 9.10. The van der Waals surface area contributed by atoms with Gasteiger partial charge in [-0.3, -0.25) is 4.79 Å². The van der Waals surface area contributed by atoms with Gasteiger partial charge in [0.1, 0.15) is 5.75 Å². The molecule has 5 nitrogen and oxygen atoms in total. The zero-order chi connectivity index (χ0) is 18.9. The summed E-state index contributed by atoms with van der Waals surface area (Å²) in [4.78, 5) is 24.0. The predicted molar refractivity (Wildman–Crippen MR) is 105 cm³/mol. The van der Waals surface area contributed by atoms with Crippen LogP contribution >= 0.6 is 15.9 Å². The topological polar surface area (TPSA) is 64.6 Å². The van der Waals surface area contributed by atoms with Crippen molar-refractivity contribution in [2.45, 2.75) is 20.0 Å². The molecule has 1 atom stereocenters. The lowest BCUT2D eigenvalue weighted by molar-refractivity contribution is -0.148. The minimum absolute atomic E-state index is 0.404. The lowest BCUT2D eigenvalue weighted by Crippen LogP contribution is -2.29. The summed E-state index contributed by atoms with van der Waals surface area (Å²) >= 11 is 3.36. The van der Waals surface area contributed by atoms with Crippen molar-refractivity contribution in [1.29, 1.82) is 0 Å². The smallest absolute Gasteiger partial charge is 0.331 e. The number of hydrogen-bond acceptors (Lipinski definition) is 4. The second kappa shape index (κ2) is 9.77. The van der Waals surface area contributed by atoms with Crippen LogP contribution < -0.4 is 10.1 Å². The van der Waals surface area contributed by atoms with Gasteiger partial charge in [-0.25, -0.2) is 4.79 Å². The molecule has 0 unspecified atom stereocenters. The first-order valence-electron chi connectivity index (χ1n) is 8.16. The van der Waals surface area contributed by atoms with Crippen molar-refractivity contribution in [3.05, 3.63) is 64.6 Å². The number of anilines is 1. The average Bonchev–Trinajstić information content (AvgIpc) is 2.62. The Morgan fingerprint density at radius 1 is 1.19 bits per heavy atom. The summed E-state index contributed by atoms with van der Waals surface area (Å²) in [6.45, 7) is 4.00. The first kappa shape index (κ1) is 19.7. The van der Waals surface area contributed by atoms with E-state index in [2.05, 4.69) is 21.2 Å². The van der Waals surface area contributed by atoms with Crippen LogP contribution in [0, 0.1) is 0 Å². The monoisotopic (exact) mass is 417 g/mol. The second-order valence-corrected chi connectivity index (χ2v) is 6.33. The van der Waals surface area contributed by atoms with Gasteiger partial charge in [0.25, 0.3) is 5.91 Å². The first-order chi connectivity index (χ1) is 12.5. The number of ether oxygens (including phenoxy) is 2. The number of esters is 1. The fraction of sp³-hybridized carbons (Fsp3) is 0.200. The molecule has 1 N–H and O–H groups in total. The van der Waals surface area contributed by atoms with Crippen LogP contribution in [-0.2, 0) is 14.3 Å². The van der Waals surface area contributed by atoms with Crippen molar-refractivity contribution in [2.75, 3.05) is 11.9 Å². The molecule has 0 saturated heterocycles. The molecule has 6 heteroatoms. The molecular weight excluding hydrogens is 398 g/mol. The summed E-state index contributed by atoms with van der Waals surface area (Å²) in [5.74, 6) is -0.264. The highest BCUT2D eigenvalue weighted by Gasteiger charge is 2.16. The van der Waals surface area contributed by atoms with Crippen LogP contribution in [0.1, 0.15) is 19.4 Å². The van der Waals surface area contributed by atoms with Gasteiger partial charge in [0.2, 0.25) is 0 Å². The summed E-state index contributed by atoms with van der Waals surface area (Å²) in [5, 5.41) is 2.70. The molecule has 0 radical (unpaired) electrons. The lowest BCUT2D eigenvalue weighted by atomic mass is 10.2. The summed E-state index contributed by atoms with van der Waals surface area (Å²) in [6, 6.07) is 14.5. The van der Waals surface area contributed by atoms with E-state index in [0.717, 1.165) is 15.8 Å². The van der Waals surface area contributed by atoms with Gasteiger partial charge in [-0.1, -0.05) is 28.1 Å². The van der Waals surface area contributed by atoms with E-state index in [1.165, 1.54) is 13.0 Å². The van der Waals surface area contributed by atoms with E-state index >= 15 is 0 Å². The Labute approximate surface area is 161 Å². The third-order valence-electron chi connectivity index (χ3n) is 3.36. The Morgan fingerprint density at radius 3 is 2.58 bits per heavy atom. The largest absolute Gasteiger partial charge is 0.494 e. The number of halogens is 1. The molecule has 1 amide bonds. The van der Waals surface area contributed by atoms with Crippen LogP contribution in [0.25, 0.3) is 6.08 Å². The van der Waals surface area contributed by atoms with Gasteiger partial charge in [0.05, 0.1) is 6.61 Å². The summed E-state index contributed by atoms with van der Waals surface area (Å²) in [7, 11) is 0. The fourth-order valence-electron chi connectivity index (χ4n) is 2.09. The van der Waals surface area contributed by atoms with Crippen LogP contribution in [0.3, 0.4) is 0 Å². The molecule has 0 saturated carbocycles. The minimum Gasteiger partial charge on any atom is -0.494 e. The number of carbonyl (C=O) groups is 2. The lowest BCUT2D eigenvalue weighted by Gasteiger charge is -2.12. The van der Waals surface area contributed by atoms with Crippen LogP contribution in [0.5, 0.6) is 5.75 Å². The summed E-state index contributed by atoms with van der Waals surface area (Å²) in [5.41, 5.74) is 1.45. The predicted octanol–water partition coefficient (Wildman–Crippen LogP) is 4.43. The van der Waals surface area contributed by atoms with Crippen molar-refractivity contribution in [3.8, 4) is 5.75 Å². The Hall–Kier alpha value is -2.60. The van der Waals surface area contributed by atoms with Crippen LogP contribution in [-0.4, -0.2) is 24.6 Å². The van der Waals surface area contributed by atoms with Gasteiger partial charge in [0, 0.05) is 16.2 Å². The molecule has 0 aliphatic rings. The first-order valence-corrected chi connectivity index (χ1v) is 8.95. The van der Waals surface area contributed by atoms with Gasteiger partial charge < -0.3 is 14.8 Å². The van der Waals surface area contributed by atoms with Crippen molar-refractivity contribution in [2.24, 2.45) is 0 Å². The molecule has 0 spiro atoms. The van der Waals surface area contributed by atoms with Gasteiger partial charge in [0.15, 0.2) is 6.10 Å². The van der Waals surface area contributed by atoms with Crippen LogP contribution in [0.4, 0.5) is 5.69 Å². The van der Waals surface area contributed by atoms with Crippen LogP contribution in [0.2, 0.25) is 0 Å². The maximum Gasteiger partial charge on any atom is 0.331 e. The number of amides is 1. The SMILES string of the molecule is CCOc1ccc(NC(=O)[C@H](C)OC(=O)/C=C/c2cccc(Br)c2)cc1. The molecule has 2 aromatic carbocycles. The molecule has 0 aliphatic carbocycles.